The number of carbonyl (C=O) groups excluding carboxylic acids is 1. The molecule has 1 aromatic heterocycles. The monoisotopic (exact) mass is 263 g/mol. The van der Waals surface area contributed by atoms with E-state index in [9.17, 15) is 9.90 Å². The van der Waals surface area contributed by atoms with E-state index in [1.54, 1.807) is 12.1 Å². The molecule has 1 aromatic rings. The first-order valence-corrected chi connectivity index (χ1v) is 6.95. The van der Waals surface area contributed by atoms with E-state index in [-0.39, 0.29) is 17.6 Å². The van der Waals surface area contributed by atoms with Gasteiger partial charge in [0.25, 0.3) is 0 Å². The van der Waals surface area contributed by atoms with Crippen molar-refractivity contribution in [3.05, 3.63) is 24.0 Å². The molecule has 0 aliphatic heterocycles. The number of aromatic hydroxyl groups is 1. The fraction of sp³-hybridized carbons (Fsp3) is 0.600. The molecule has 19 heavy (non-hydrogen) atoms. The second-order valence-corrected chi connectivity index (χ2v) is 5.19. The molecular weight excluding hydrogens is 242 g/mol. The number of rotatable bonds is 3. The summed E-state index contributed by atoms with van der Waals surface area (Å²) in [4.78, 5) is 16.3. The van der Waals surface area contributed by atoms with Gasteiger partial charge >= 0.3 is 5.97 Å². The quantitative estimate of drug-likeness (QED) is 0.672. The first kappa shape index (κ1) is 13.8. The minimum Gasteiger partial charge on any atom is -0.506 e. The van der Waals surface area contributed by atoms with Gasteiger partial charge in [-0.1, -0.05) is 25.7 Å². The fourth-order valence-electron chi connectivity index (χ4n) is 2.91. The molecule has 0 saturated heterocycles. The van der Waals surface area contributed by atoms with Gasteiger partial charge in [0, 0.05) is 0 Å². The van der Waals surface area contributed by atoms with Crippen LogP contribution in [-0.2, 0) is 9.53 Å². The molecule has 2 rings (SSSR count). The van der Waals surface area contributed by atoms with Gasteiger partial charge < -0.3 is 9.84 Å². The van der Waals surface area contributed by atoms with Crippen LogP contribution in [0.1, 0.15) is 50.1 Å². The Morgan fingerprint density at radius 2 is 2.00 bits per heavy atom. The SMILES string of the molecule is COC(=O)C(c1ccc(O)cn1)C1CCCCCC1. The van der Waals surface area contributed by atoms with Crippen molar-refractivity contribution in [2.45, 2.75) is 44.4 Å². The molecular formula is C15H21NO3. The third kappa shape index (κ3) is 3.46. The van der Waals surface area contributed by atoms with Gasteiger partial charge in [0.15, 0.2) is 0 Å². The number of pyridine rings is 1. The number of carbonyl (C=O) groups is 1. The summed E-state index contributed by atoms with van der Waals surface area (Å²) in [7, 11) is 1.42. The number of aromatic nitrogens is 1. The summed E-state index contributed by atoms with van der Waals surface area (Å²) in [6, 6.07) is 3.30. The van der Waals surface area contributed by atoms with E-state index < -0.39 is 0 Å². The molecule has 0 amide bonds. The van der Waals surface area contributed by atoms with E-state index in [0.717, 1.165) is 25.7 Å². The van der Waals surface area contributed by atoms with Gasteiger partial charge in [-0.05, 0) is 30.9 Å². The van der Waals surface area contributed by atoms with Gasteiger partial charge in [0.05, 0.1) is 19.0 Å². The molecule has 1 unspecified atom stereocenters. The molecule has 4 heteroatoms. The lowest BCUT2D eigenvalue weighted by Gasteiger charge is -2.23. The van der Waals surface area contributed by atoms with Crippen molar-refractivity contribution in [2.24, 2.45) is 5.92 Å². The zero-order valence-corrected chi connectivity index (χ0v) is 11.3. The Kier molecular flexibility index (Phi) is 4.77. The minimum absolute atomic E-state index is 0.119. The highest BCUT2D eigenvalue weighted by Gasteiger charge is 2.32. The van der Waals surface area contributed by atoms with Gasteiger partial charge in [-0.2, -0.15) is 0 Å². The smallest absolute Gasteiger partial charge is 0.315 e. The summed E-state index contributed by atoms with van der Waals surface area (Å²) in [5, 5.41) is 9.31. The van der Waals surface area contributed by atoms with Crippen molar-refractivity contribution >= 4 is 5.97 Å². The molecule has 104 valence electrons. The Hall–Kier alpha value is -1.58. The van der Waals surface area contributed by atoms with Crippen LogP contribution in [0.4, 0.5) is 0 Å². The predicted octanol–water partition coefficient (Wildman–Crippen LogP) is 3.01. The molecule has 1 aliphatic rings. The first-order chi connectivity index (χ1) is 9.22. The van der Waals surface area contributed by atoms with Crippen LogP contribution in [0.2, 0.25) is 0 Å². The van der Waals surface area contributed by atoms with Crippen LogP contribution in [0.5, 0.6) is 5.75 Å². The van der Waals surface area contributed by atoms with E-state index >= 15 is 0 Å². The second kappa shape index (κ2) is 6.55. The summed E-state index contributed by atoms with van der Waals surface area (Å²) in [6.07, 6.45) is 8.29. The number of esters is 1. The lowest BCUT2D eigenvalue weighted by Crippen LogP contribution is -2.24. The van der Waals surface area contributed by atoms with E-state index in [1.807, 2.05) is 0 Å². The summed E-state index contributed by atoms with van der Waals surface area (Å²) in [6.45, 7) is 0. The van der Waals surface area contributed by atoms with Gasteiger partial charge in [-0.15, -0.1) is 0 Å². The van der Waals surface area contributed by atoms with Gasteiger partial charge in [-0.25, -0.2) is 0 Å². The molecule has 1 fully saturated rings. The number of hydrogen-bond donors (Lipinski definition) is 1. The van der Waals surface area contributed by atoms with E-state index in [1.165, 1.54) is 26.1 Å². The van der Waals surface area contributed by atoms with Crippen LogP contribution in [0.25, 0.3) is 0 Å². The van der Waals surface area contributed by atoms with Crippen LogP contribution in [0.15, 0.2) is 18.3 Å². The Bertz CT molecular complexity index is 408. The molecule has 1 atom stereocenters. The van der Waals surface area contributed by atoms with Crippen molar-refractivity contribution in [1.82, 2.24) is 4.98 Å². The summed E-state index contributed by atoms with van der Waals surface area (Å²) < 4.78 is 4.95. The highest BCUT2D eigenvalue weighted by atomic mass is 16.5. The Balaban J connectivity index is 2.24. The number of hydrogen-bond acceptors (Lipinski definition) is 4. The van der Waals surface area contributed by atoms with Crippen molar-refractivity contribution in [1.29, 1.82) is 0 Å². The number of ether oxygens (including phenoxy) is 1. The van der Waals surface area contributed by atoms with E-state index in [2.05, 4.69) is 4.98 Å². The van der Waals surface area contributed by atoms with Crippen molar-refractivity contribution in [3.8, 4) is 5.75 Å². The topological polar surface area (TPSA) is 59.4 Å². The zero-order valence-electron chi connectivity index (χ0n) is 11.3. The lowest BCUT2D eigenvalue weighted by molar-refractivity contribution is -0.144. The second-order valence-electron chi connectivity index (χ2n) is 5.19. The maximum atomic E-state index is 12.1. The van der Waals surface area contributed by atoms with Crippen molar-refractivity contribution < 1.29 is 14.6 Å². The van der Waals surface area contributed by atoms with E-state index in [0.29, 0.717) is 11.6 Å². The summed E-state index contributed by atoms with van der Waals surface area (Å²) >= 11 is 0. The van der Waals surface area contributed by atoms with Gasteiger partial charge in [0.1, 0.15) is 11.7 Å². The minimum atomic E-state index is -0.302. The third-order valence-electron chi connectivity index (χ3n) is 3.92. The standard InChI is InChI=1S/C15H21NO3/c1-19-15(18)14(11-6-4-2-3-5-7-11)13-9-8-12(17)10-16-13/h8-11,14,17H,2-7H2,1H3. The Labute approximate surface area is 113 Å². The highest BCUT2D eigenvalue weighted by molar-refractivity contribution is 5.77. The molecule has 0 spiro atoms. The largest absolute Gasteiger partial charge is 0.506 e. The van der Waals surface area contributed by atoms with Gasteiger partial charge in [0.2, 0.25) is 0 Å². The maximum absolute atomic E-state index is 12.1. The third-order valence-corrected chi connectivity index (χ3v) is 3.92. The average Bonchev–Trinajstić information content (AvgIpc) is 2.70. The zero-order chi connectivity index (χ0) is 13.7. The maximum Gasteiger partial charge on any atom is 0.315 e. The van der Waals surface area contributed by atoms with E-state index in [4.69, 9.17) is 4.74 Å². The van der Waals surface area contributed by atoms with Gasteiger partial charge in [-0.3, -0.25) is 9.78 Å². The molecule has 0 radical (unpaired) electrons. The van der Waals surface area contributed by atoms with Crippen molar-refractivity contribution in [3.63, 3.8) is 0 Å². The van der Waals surface area contributed by atoms with Crippen LogP contribution in [0, 0.1) is 5.92 Å². The average molecular weight is 263 g/mol. The normalized spacial score (nSPS) is 18.6. The Morgan fingerprint density at radius 1 is 1.32 bits per heavy atom. The van der Waals surface area contributed by atoms with Crippen LogP contribution in [-0.4, -0.2) is 23.2 Å². The molecule has 1 heterocycles. The summed E-state index contributed by atoms with van der Waals surface area (Å²) in [5.41, 5.74) is 0.705. The summed E-state index contributed by atoms with van der Waals surface area (Å²) in [5.74, 6) is -0.103. The Morgan fingerprint density at radius 3 is 2.53 bits per heavy atom. The fourth-order valence-corrected chi connectivity index (χ4v) is 2.91. The first-order valence-electron chi connectivity index (χ1n) is 6.95. The predicted molar refractivity (Wildman–Crippen MR) is 71.9 cm³/mol. The molecule has 4 nitrogen and oxygen atoms in total. The number of methoxy groups -OCH3 is 1. The molecule has 1 aliphatic carbocycles. The van der Waals surface area contributed by atoms with Crippen LogP contribution >= 0.6 is 0 Å². The molecule has 1 saturated carbocycles. The molecule has 1 N–H and O–H groups in total. The number of nitrogens with zero attached hydrogens (tertiary/aromatic N) is 1. The molecule has 0 aromatic carbocycles. The molecule has 0 bridgehead atoms. The highest BCUT2D eigenvalue weighted by Crippen LogP contribution is 2.35. The van der Waals surface area contributed by atoms with Crippen LogP contribution in [0.3, 0.4) is 0 Å². The van der Waals surface area contributed by atoms with Crippen LogP contribution < -0.4 is 0 Å². The lowest BCUT2D eigenvalue weighted by atomic mass is 9.83. The van der Waals surface area contributed by atoms with Crippen molar-refractivity contribution in [2.75, 3.05) is 7.11 Å².